The molecule has 0 heterocycles. The second-order valence-electron chi connectivity index (χ2n) is 7.60. The molecule has 0 N–H and O–H groups in total. The van der Waals surface area contributed by atoms with E-state index in [4.69, 9.17) is 0 Å². The summed E-state index contributed by atoms with van der Waals surface area (Å²) in [6, 6.07) is 20.3. The number of rotatable bonds is 2. The largest absolute Gasteiger partial charge is 1.00 e. The van der Waals surface area contributed by atoms with Crippen LogP contribution in [0.3, 0.4) is 0 Å². The molecular weight excluding hydrogens is 474 g/mol. The number of halogens is 2. The minimum absolute atomic E-state index is 0. The van der Waals surface area contributed by atoms with Gasteiger partial charge in [0.25, 0.3) is 0 Å². The maximum absolute atomic E-state index is 2.45. The summed E-state index contributed by atoms with van der Waals surface area (Å²) >= 11 is 1.58. The van der Waals surface area contributed by atoms with Crippen LogP contribution in [0, 0.1) is 13.8 Å². The van der Waals surface area contributed by atoms with Gasteiger partial charge in [-0.1, -0.05) is 0 Å². The molecule has 0 radical (unpaired) electrons. The third kappa shape index (κ3) is 3.63. The second kappa shape index (κ2) is 8.77. The van der Waals surface area contributed by atoms with Crippen molar-refractivity contribution in [3.8, 4) is 22.3 Å². The van der Waals surface area contributed by atoms with Gasteiger partial charge in [0.1, 0.15) is 0 Å². The van der Waals surface area contributed by atoms with Crippen LogP contribution in [0.15, 0.2) is 72.8 Å². The number of hydrogen-bond acceptors (Lipinski definition) is 0. The van der Waals surface area contributed by atoms with Crippen molar-refractivity contribution in [3.05, 3.63) is 101 Å². The van der Waals surface area contributed by atoms with Gasteiger partial charge in [0.05, 0.1) is 0 Å². The molecule has 29 heavy (non-hydrogen) atoms. The van der Waals surface area contributed by atoms with Gasteiger partial charge < -0.3 is 24.8 Å². The Hall–Kier alpha value is -1.40. The van der Waals surface area contributed by atoms with Crippen molar-refractivity contribution in [1.29, 1.82) is 0 Å². The van der Waals surface area contributed by atoms with E-state index in [-0.39, 0.29) is 24.8 Å². The number of fused-ring (bicyclic) bond motifs is 3. The van der Waals surface area contributed by atoms with Crippen molar-refractivity contribution in [2.24, 2.45) is 0 Å². The van der Waals surface area contributed by atoms with E-state index in [9.17, 15) is 0 Å². The molecule has 2 aliphatic rings. The van der Waals surface area contributed by atoms with Gasteiger partial charge in [-0.25, -0.2) is 0 Å². The Balaban J connectivity index is 0.00000120. The van der Waals surface area contributed by atoms with Crippen molar-refractivity contribution in [2.75, 3.05) is 0 Å². The van der Waals surface area contributed by atoms with Crippen LogP contribution < -0.4 is 24.8 Å². The molecule has 0 fully saturated rings. The van der Waals surface area contributed by atoms with Gasteiger partial charge in [0.2, 0.25) is 0 Å². The first kappa shape index (κ1) is 22.3. The molecule has 0 saturated heterocycles. The third-order valence-corrected chi connectivity index (χ3v) is 7.38. The molecule has 0 aliphatic heterocycles. The summed E-state index contributed by atoms with van der Waals surface area (Å²) in [5, 5.41) is 0. The zero-order valence-corrected chi connectivity index (χ0v) is 20.4. The first-order valence-electron chi connectivity index (χ1n) is 9.56. The van der Waals surface area contributed by atoms with Gasteiger partial charge in [0, 0.05) is 0 Å². The monoisotopic (exact) mass is 493 g/mol. The van der Waals surface area contributed by atoms with E-state index in [0.29, 0.717) is 3.63 Å². The van der Waals surface area contributed by atoms with E-state index in [1.54, 1.807) is 30.3 Å². The summed E-state index contributed by atoms with van der Waals surface area (Å²) in [4.78, 5) is 0. The fraction of sp³-hybridized carbons (Fsp3) is 0.154. The summed E-state index contributed by atoms with van der Waals surface area (Å²) in [6.07, 6.45) is 7.85. The minimum Gasteiger partial charge on any atom is -1.00 e. The Bertz CT molecular complexity index is 1130. The van der Waals surface area contributed by atoms with E-state index in [0.717, 1.165) is 6.42 Å². The van der Waals surface area contributed by atoms with Crippen LogP contribution >= 0.6 is 0 Å². The Morgan fingerprint density at radius 1 is 0.862 bits per heavy atom. The molecule has 0 saturated carbocycles. The Kier molecular flexibility index (Phi) is 6.74. The molecule has 3 aromatic carbocycles. The number of benzene rings is 3. The van der Waals surface area contributed by atoms with Crippen LogP contribution in [0.2, 0.25) is 0 Å². The van der Waals surface area contributed by atoms with Gasteiger partial charge >= 0.3 is 177 Å². The first-order valence-corrected chi connectivity index (χ1v) is 11.0. The maximum atomic E-state index is 2.45. The molecule has 0 amide bonds. The molecule has 1 unspecified atom stereocenters. The van der Waals surface area contributed by atoms with E-state index in [1.165, 1.54) is 50.1 Å². The summed E-state index contributed by atoms with van der Waals surface area (Å²) < 4.78 is 0.530. The third-order valence-electron chi connectivity index (χ3n) is 5.90. The van der Waals surface area contributed by atoms with Crippen LogP contribution in [-0.4, -0.2) is 0 Å². The van der Waals surface area contributed by atoms with Gasteiger partial charge in [-0.15, -0.1) is 0 Å². The smallest absolute Gasteiger partial charge is 1.00 e. The molecule has 0 spiro atoms. The van der Waals surface area contributed by atoms with Crippen molar-refractivity contribution in [2.45, 2.75) is 23.9 Å². The van der Waals surface area contributed by atoms with Crippen LogP contribution in [0.4, 0.5) is 0 Å². The van der Waals surface area contributed by atoms with Gasteiger partial charge in [0.15, 0.2) is 0 Å². The van der Waals surface area contributed by atoms with Gasteiger partial charge in [-0.2, -0.15) is 0 Å². The molecule has 3 aromatic rings. The average Bonchev–Trinajstić information content (AvgIpc) is 3.30. The quantitative estimate of drug-likeness (QED) is 0.497. The van der Waals surface area contributed by atoms with E-state index in [1.807, 2.05) is 0 Å². The Morgan fingerprint density at radius 2 is 1.62 bits per heavy atom. The number of hydrogen-bond donors (Lipinski definition) is 0. The predicted octanol–water partition coefficient (Wildman–Crippen LogP) is 0.938. The SMILES string of the molecule is Cc1ccc2c(c1)[CH]([Zr+2])c1c-2cc(-c2ccccc2)c(C)c1C1=CC=CC1.[Cl-].[Cl-]. The van der Waals surface area contributed by atoms with Gasteiger partial charge in [-0.3, -0.25) is 0 Å². The molecule has 0 aromatic heterocycles. The Morgan fingerprint density at radius 3 is 2.31 bits per heavy atom. The minimum atomic E-state index is 0. The first-order chi connectivity index (χ1) is 13.1. The summed E-state index contributed by atoms with van der Waals surface area (Å²) in [7, 11) is 0. The summed E-state index contributed by atoms with van der Waals surface area (Å²) in [6.45, 7) is 4.52. The Labute approximate surface area is 200 Å². The second-order valence-corrected chi connectivity index (χ2v) is 9.02. The summed E-state index contributed by atoms with van der Waals surface area (Å²) in [5.41, 5.74) is 14.4. The van der Waals surface area contributed by atoms with Crippen LogP contribution in [0.25, 0.3) is 27.8 Å². The molecule has 0 nitrogen and oxygen atoms in total. The van der Waals surface area contributed by atoms with E-state index >= 15 is 0 Å². The molecular formula is C26H21Cl2Zr. The van der Waals surface area contributed by atoms with E-state index < -0.39 is 0 Å². The maximum Gasteiger partial charge on any atom is -1.00 e. The zero-order valence-electron chi connectivity index (χ0n) is 16.5. The fourth-order valence-corrected chi connectivity index (χ4v) is 5.93. The number of allylic oxidation sites excluding steroid dienone is 4. The van der Waals surface area contributed by atoms with Crippen molar-refractivity contribution >= 4 is 5.57 Å². The standard InChI is InChI=1S/C26H21.2ClH.Zr/c1-17-12-13-22-21(14-17)15-25-24(22)16-23(19-8-4-3-5-9-19)18(2)26(25)20-10-6-7-11-20;;;/h3-10,12-16H,11H2,1-2H3;2*1H;/q;;;+2/p-2. The molecule has 1 atom stereocenters. The fourth-order valence-electron chi connectivity index (χ4n) is 4.61. The van der Waals surface area contributed by atoms with Crippen LogP contribution in [0.1, 0.15) is 37.9 Å². The molecule has 2 aliphatic carbocycles. The topological polar surface area (TPSA) is 0 Å². The average molecular weight is 496 g/mol. The molecule has 5 rings (SSSR count). The number of aryl methyl sites for hydroxylation is 1. The normalized spacial score (nSPS) is 15.9. The molecule has 3 heteroatoms. The van der Waals surface area contributed by atoms with Crippen molar-refractivity contribution < 1.29 is 49.5 Å². The van der Waals surface area contributed by atoms with Crippen molar-refractivity contribution in [1.82, 2.24) is 0 Å². The van der Waals surface area contributed by atoms with Crippen LogP contribution in [-0.2, 0) is 24.7 Å². The molecule has 0 bridgehead atoms. The predicted molar refractivity (Wildman–Crippen MR) is 110 cm³/mol. The summed E-state index contributed by atoms with van der Waals surface area (Å²) in [5.74, 6) is 0. The molecule has 143 valence electrons. The van der Waals surface area contributed by atoms with Crippen LogP contribution in [0.5, 0.6) is 0 Å². The van der Waals surface area contributed by atoms with E-state index in [2.05, 4.69) is 86.7 Å². The van der Waals surface area contributed by atoms with Gasteiger partial charge in [-0.05, 0) is 0 Å². The van der Waals surface area contributed by atoms with Crippen molar-refractivity contribution in [3.63, 3.8) is 0 Å². The zero-order chi connectivity index (χ0) is 18.5.